The molecule has 0 aromatic carbocycles. The van der Waals surface area contributed by atoms with Crippen LogP contribution in [-0.4, -0.2) is 23.0 Å². The number of rotatable bonds is 5. The number of ether oxygens (including phenoxy) is 2. The van der Waals surface area contributed by atoms with Crippen LogP contribution in [0, 0.1) is 0 Å². The van der Waals surface area contributed by atoms with Crippen molar-refractivity contribution < 1.29 is 19.1 Å². The predicted octanol–water partition coefficient (Wildman–Crippen LogP) is 2.03. The molecule has 0 spiro atoms. The lowest BCUT2D eigenvalue weighted by molar-refractivity contribution is -0.171. The minimum atomic E-state index is -1.03. The van der Waals surface area contributed by atoms with Gasteiger partial charge in [0, 0.05) is 24.4 Å². The van der Waals surface area contributed by atoms with Crippen LogP contribution < -0.4 is 0 Å². The molecule has 18 heavy (non-hydrogen) atoms. The second kappa shape index (κ2) is 6.74. The molecule has 0 aliphatic heterocycles. The van der Waals surface area contributed by atoms with Gasteiger partial charge in [-0.3, -0.25) is 9.78 Å². The molecule has 1 aromatic rings. The van der Waals surface area contributed by atoms with E-state index in [1.54, 1.807) is 32.9 Å². The van der Waals surface area contributed by atoms with Gasteiger partial charge in [0.1, 0.15) is 0 Å². The van der Waals surface area contributed by atoms with Gasteiger partial charge in [0.25, 0.3) is 0 Å². The molecule has 0 aliphatic carbocycles. The number of carbonyl (C=O) groups is 2. The molecule has 98 valence electrons. The molecule has 0 saturated carbocycles. The second-order valence-corrected chi connectivity index (χ2v) is 3.99. The van der Waals surface area contributed by atoms with Crippen LogP contribution in [0.15, 0.2) is 24.5 Å². The zero-order valence-corrected chi connectivity index (χ0v) is 10.8. The number of aromatic nitrogens is 1. The van der Waals surface area contributed by atoms with E-state index in [2.05, 4.69) is 4.98 Å². The van der Waals surface area contributed by atoms with E-state index in [0.29, 0.717) is 5.56 Å². The summed E-state index contributed by atoms with van der Waals surface area (Å²) in [6.45, 7) is 5.14. The summed E-state index contributed by atoms with van der Waals surface area (Å²) in [4.78, 5) is 27.1. The Kier molecular flexibility index (Phi) is 5.30. The molecular formula is C13H17NO4. The number of hydrogen-bond donors (Lipinski definition) is 0. The molecule has 0 N–H and O–H groups in total. The van der Waals surface area contributed by atoms with Crippen molar-refractivity contribution in [3.05, 3.63) is 30.1 Å². The Labute approximate surface area is 106 Å². The Bertz CT molecular complexity index is 403. The van der Waals surface area contributed by atoms with Gasteiger partial charge >= 0.3 is 11.9 Å². The SMILES string of the molecule is CCC(=O)OC(C(=O)OC(C)C)c1ccncc1. The summed E-state index contributed by atoms with van der Waals surface area (Å²) in [6, 6.07) is 3.24. The van der Waals surface area contributed by atoms with Gasteiger partial charge in [-0.1, -0.05) is 6.92 Å². The lowest BCUT2D eigenvalue weighted by Gasteiger charge is -2.18. The maximum atomic E-state index is 11.9. The summed E-state index contributed by atoms with van der Waals surface area (Å²) in [5, 5.41) is 0. The summed E-state index contributed by atoms with van der Waals surface area (Å²) in [6.07, 6.45) is 1.98. The predicted molar refractivity (Wildman–Crippen MR) is 64.6 cm³/mol. The van der Waals surface area contributed by atoms with Crippen molar-refractivity contribution in [2.24, 2.45) is 0 Å². The molecule has 0 radical (unpaired) electrons. The van der Waals surface area contributed by atoms with Gasteiger partial charge in [0.05, 0.1) is 6.10 Å². The molecule has 1 unspecified atom stereocenters. The summed E-state index contributed by atoms with van der Waals surface area (Å²) in [7, 11) is 0. The highest BCUT2D eigenvalue weighted by molar-refractivity contribution is 5.80. The molecule has 0 amide bonds. The van der Waals surface area contributed by atoms with Gasteiger partial charge in [-0.2, -0.15) is 0 Å². The largest absolute Gasteiger partial charge is 0.460 e. The fourth-order valence-electron chi connectivity index (χ4n) is 1.30. The molecule has 0 bridgehead atoms. The molecule has 1 heterocycles. The Morgan fingerprint density at radius 2 is 1.83 bits per heavy atom. The maximum Gasteiger partial charge on any atom is 0.352 e. The highest BCUT2D eigenvalue weighted by Gasteiger charge is 2.26. The van der Waals surface area contributed by atoms with Crippen LogP contribution >= 0.6 is 0 Å². The Morgan fingerprint density at radius 1 is 1.22 bits per heavy atom. The number of esters is 2. The van der Waals surface area contributed by atoms with Crippen LogP contribution in [0.2, 0.25) is 0 Å². The van der Waals surface area contributed by atoms with Crippen LogP contribution in [0.25, 0.3) is 0 Å². The zero-order valence-electron chi connectivity index (χ0n) is 10.8. The Morgan fingerprint density at radius 3 is 2.33 bits per heavy atom. The minimum absolute atomic E-state index is 0.205. The second-order valence-electron chi connectivity index (χ2n) is 3.99. The van der Waals surface area contributed by atoms with Gasteiger partial charge in [0.2, 0.25) is 6.10 Å². The monoisotopic (exact) mass is 251 g/mol. The highest BCUT2D eigenvalue weighted by Crippen LogP contribution is 2.19. The molecular weight excluding hydrogens is 234 g/mol. The first-order valence-corrected chi connectivity index (χ1v) is 5.84. The third-order valence-electron chi connectivity index (χ3n) is 2.11. The van der Waals surface area contributed by atoms with Crippen LogP contribution in [0.3, 0.4) is 0 Å². The average Bonchev–Trinajstić information content (AvgIpc) is 2.35. The molecule has 0 saturated heterocycles. The Balaban J connectivity index is 2.88. The number of hydrogen-bond acceptors (Lipinski definition) is 5. The molecule has 0 fully saturated rings. The van der Waals surface area contributed by atoms with Gasteiger partial charge in [-0.25, -0.2) is 4.79 Å². The van der Waals surface area contributed by atoms with Crippen molar-refractivity contribution in [3.63, 3.8) is 0 Å². The van der Waals surface area contributed by atoms with Gasteiger partial charge < -0.3 is 9.47 Å². The topological polar surface area (TPSA) is 65.5 Å². The van der Waals surface area contributed by atoms with E-state index in [0.717, 1.165) is 0 Å². The first-order valence-electron chi connectivity index (χ1n) is 5.84. The van der Waals surface area contributed by atoms with E-state index in [1.807, 2.05) is 0 Å². The summed E-state index contributed by atoms with van der Waals surface area (Å²) in [5.41, 5.74) is 0.553. The first-order chi connectivity index (χ1) is 8.54. The van der Waals surface area contributed by atoms with Crippen molar-refractivity contribution >= 4 is 11.9 Å². The molecule has 1 rings (SSSR count). The average molecular weight is 251 g/mol. The maximum absolute atomic E-state index is 11.9. The summed E-state index contributed by atoms with van der Waals surface area (Å²) < 4.78 is 10.2. The lowest BCUT2D eigenvalue weighted by atomic mass is 10.1. The molecule has 1 atom stereocenters. The highest BCUT2D eigenvalue weighted by atomic mass is 16.6. The molecule has 5 nitrogen and oxygen atoms in total. The van der Waals surface area contributed by atoms with Crippen molar-refractivity contribution in [2.45, 2.75) is 39.4 Å². The van der Waals surface area contributed by atoms with E-state index in [9.17, 15) is 9.59 Å². The van der Waals surface area contributed by atoms with Crippen molar-refractivity contribution in [1.29, 1.82) is 0 Å². The van der Waals surface area contributed by atoms with Crippen molar-refractivity contribution in [3.8, 4) is 0 Å². The van der Waals surface area contributed by atoms with E-state index >= 15 is 0 Å². The fourth-order valence-corrected chi connectivity index (χ4v) is 1.30. The molecule has 1 aromatic heterocycles. The van der Waals surface area contributed by atoms with Crippen molar-refractivity contribution in [2.75, 3.05) is 0 Å². The lowest BCUT2D eigenvalue weighted by Crippen LogP contribution is -2.24. The number of nitrogens with zero attached hydrogens (tertiary/aromatic N) is 1. The molecule has 0 aliphatic rings. The van der Waals surface area contributed by atoms with Crippen LogP contribution in [-0.2, 0) is 19.1 Å². The van der Waals surface area contributed by atoms with Crippen LogP contribution in [0.5, 0.6) is 0 Å². The third kappa shape index (κ3) is 4.16. The first kappa shape index (κ1) is 14.2. The molecule has 5 heteroatoms. The van der Waals surface area contributed by atoms with Crippen molar-refractivity contribution in [1.82, 2.24) is 4.98 Å². The van der Waals surface area contributed by atoms with Crippen LogP contribution in [0.4, 0.5) is 0 Å². The number of pyridine rings is 1. The summed E-state index contributed by atoms with van der Waals surface area (Å²) >= 11 is 0. The van der Waals surface area contributed by atoms with Gasteiger partial charge in [-0.15, -0.1) is 0 Å². The number of carbonyl (C=O) groups excluding carboxylic acids is 2. The standard InChI is InChI=1S/C13H17NO4/c1-4-11(15)18-12(13(16)17-9(2)3)10-5-7-14-8-6-10/h5-9,12H,4H2,1-3H3. The summed E-state index contributed by atoms with van der Waals surface area (Å²) in [5.74, 6) is -1.02. The van der Waals surface area contributed by atoms with Gasteiger partial charge in [0.15, 0.2) is 0 Å². The van der Waals surface area contributed by atoms with E-state index in [4.69, 9.17) is 9.47 Å². The van der Waals surface area contributed by atoms with E-state index in [1.165, 1.54) is 12.4 Å². The third-order valence-corrected chi connectivity index (χ3v) is 2.11. The quantitative estimate of drug-likeness (QED) is 0.749. The normalized spacial score (nSPS) is 12.0. The Hall–Kier alpha value is -1.91. The van der Waals surface area contributed by atoms with E-state index < -0.39 is 18.0 Å². The van der Waals surface area contributed by atoms with Crippen LogP contribution in [0.1, 0.15) is 38.9 Å². The minimum Gasteiger partial charge on any atom is -0.460 e. The zero-order chi connectivity index (χ0) is 13.5. The van der Waals surface area contributed by atoms with E-state index in [-0.39, 0.29) is 12.5 Å². The fraction of sp³-hybridized carbons (Fsp3) is 0.462. The smallest absolute Gasteiger partial charge is 0.352 e. The van der Waals surface area contributed by atoms with Gasteiger partial charge in [-0.05, 0) is 26.0 Å².